The molecular weight excluding hydrogens is 293 g/mol. The zero-order valence-electron chi connectivity index (χ0n) is 10.9. The second kappa shape index (κ2) is 6.04. The zero-order chi connectivity index (χ0) is 13.9. The van der Waals surface area contributed by atoms with Crippen LogP contribution in [0.2, 0.25) is 10.0 Å². The summed E-state index contributed by atoms with van der Waals surface area (Å²) in [6.07, 6.45) is 0.913. The highest BCUT2D eigenvalue weighted by molar-refractivity contribution is 6.35. The van der Waals surface area contributed by atoms with Crippen LogP contribution in [0.15, 0.2) is 42.5 Å². The van der Waals surface area contributed by atoms with Gasteiger partial charge in [-0.1, -0.05) is 53.5 Å². The molecule has 3 rings (SSSR count). The van der Waals surface area contributed by atoms with Gasteiger partial charge in [-0.2, -0.15) is 0 Å². The van der Waals surface area contributed by atoms with Crippen LogP contribution in [0.4, 0.5) is 0 Å². The molecule has 0 saturated carbocycles. The van der Waals surface area contributed by atoms with Crippen LogP contribution < -0.4 is 10.1 Å². The lowest BCUT2D eigenvalue weighted by atomic mass is 10.00. The van der Waals surface area contributed by atoms with Crippen LogP contribution >= 0.6 is 23.2 Å². The maximum absolute atomic E-state index is 6.19. The quantitative estimate of drug-likeness (QED) is 0.894. The molecule has 20 heavy (non-hydrogen) atoms. The standard InChI is InChI=1S/C16H15Cl2NO/c17-12-8-13-15(6-7-20-16(13)14(18)9-12)19-10-11-4-2-1-3-5-11/h1-5,8-9,15,19H,6-7,10H2. The van der Waals surface area contributed by atoms with Crippen LogP contribution in [0.5, 0.6) is 5.75 Å². The number of hydrogen-bond donors (Lipinski definition) is 1. The maximum atomic E-state index is 6.19. The van der Waals surface area contributed by atoms with Gasteiger partial charge in [0.1, 0.15) is 5.75 Å². The van der Waals surface area contributed by atoms with Crippen molar-refractivity contribution >= 4 is 23.2 Å². The number of hydrogen-bond acceptors (Lipinski definition) is 2. The van der Waals surface area contributed by atoms with Crippen molar-refractivity contribution in [3.63, 3.8) is 0 Å². The maximum Gasteiger partial charge on any atom is 0.142 e. The minimum atomic E-state index is 0.218. The van der Waals surface area contributed by atoms with E-state index in [1.54, 1.807) is 6.07 Å². The molecule has 1 aliphatic rings. The first kappa shape index (κ1) is 13.7. The van der Waals surface area contributed by atoms with Crippen molar-refractivity contribution in [3.8, 4) is 5.75 Å². The molecule has 2 nitrogen and oxygen atoms in total. The molecule has 1 atom stereocenters. The first-order chi connectivity index (χ1) is 9.74. The topological polar surface area (TPSA) is 21.3 Å². The van der Waals surface area contributed by atoms with Gasteiger partial charge in [-0.15, -0.1) is 0 Å². The van der Waals surface area contributed by atoms with E-state index >= 15 is 0 Å². The summed E-state index contributed by atoms with van der Waals surface area (Å²) in [5, 5.41) is 4.78. The molecule has 0 radical (unpaired) electrons. The molecule has 0 saturated heterocycles. The third-order valence-corrected chi connectivity index (χ3v) is 3.96. The van der Waals surface area contributed by atoms with E-state index < -0.39 is 0 Å². The summed E-state index contributed by atoms with van der Waals surface area (Å²) in [5.41, 5.74) is 2.30. The normalized spacial score (nSPS) is 17.4. The average molecular weight is 308 g/mol. The van der Waals surface area contributed by atoms with E-state index in [-0.39, 0.29) is 6.04 Å². The lowest BCUT2D eigenvalue weighted by Gasteiger charge is -2.27. The van der Waals surface area contributed by atoms with Crippen LogP contribution in [-0.4, -0.2) is 6.61 Å². The van der Waals surface area contributed by atoms with Crippen molar-refractivity contribution in [3.05, 3.63) is 63.6 Å². The van der Waals surface area contributed by atoms with E-state index in [1.165, 1.54) is 5.56 Å². The Labute approximate surface area is 128 Å². The van der Waals surface area contributed by atoms with Crippen molar-refractivity contribution in [2.75, 3.05) is 6.61 Å². The van der Waals surface area contributed by atoms with Gasteiger partial charge in [0.05, 0.1) is 11.6 Å². The highest BCUT2D eigenvalue weighted by Crippen LogP contribution is 2.39. The van der Waals surface area contributed by atoms with Crippen molar-refractivity contribution in [1.82, 2.24) is 5.32 Å². The summed E-state index contributed by atoms with van der Waals surface area (Å²) in [6.45, 7) is 1.48. The van der Waals surface area contributed by atoms with E-state index in [1.807, 2.05) is 24.3 Å². The molecule has 0 aliphatic carbocycles. The van der Waals surface area contributed by atoms with Gasteiger partial charge in [-0.3, -0.25) is 0 Å². The number of rotatable bonds is 3. The van der Waals surface area contributed by atoms with Gasteiger partial charge in [0, 0.05) is 29.6 Å². The van der Waals surface area contributed by atoms with E-state index in [0.29, 0.717) is 16.7 Å². The third-order valence-electron chi connectivity index (χ3n) is 3.46. The van der Waals surface area contributed by atoms with Crippen LogP contribution in [0.25, 0.3) is 0 Å². The fourth-order valence-corrected chi connectivity index (χ4v) is 3.04. The Kier molecular flexibility index (Phi) is 4.16. The minimum absolute atomic E-state index is 0.218. The van der Waals surface area contributed by atoms with E-state index in [2.05, 4.69) is 17.4 Å². The molecule has 1 heterocycles. The molecule has 4 heteroatoms. The van der Waals surface area contributed by atoms with Gasteiger partial charge >= 0.3 is 0 Å². The number of nitrogens with one attached hydrogen (secondary N) is 1. The number of fused-ring (bicyclic) bond motifs is 1. The fourth-order valence-electron chi connectivity index (χ4n) is 2.47. The first-order valence-corrected chi connectivity index (χ1v) is 7.38. The summed E-state index contributed by atoms with van der Waals surface area (Å²) in [6, 6.07) is 14.2. The van der Waals surface area contributed by atoms with Gasteiger partial charge in [0.25, 0.3) is 0 Å². The van der Waals surface area contributed by atoms with E-state index in [4.69, 9.17) is 27.9 Å². The molecule has 0 bridgehead atoms. The summed E-state index contributed by atoms with van der Waals surface area (Å²) in [4.78, 5) is 0. The molecule has 0 aromatic heterocycles. The van der Waals surface area contributed by atoms with Gasteiger partial charge in [-0.25, -0.2) is 0 Å². The monoisotopic (exact) mass is 307 g/mol. The Morgan fingerprint density at radius 1 is 1.15 bits per heavy atom. The fraction of sp³-hybridized carbons (Fsp3) is 0.250. The summed E-state index contributed by atoms with van der Waals surface area (Å²) in [7, 11) is 0. The van der Waals surface area contributed by atoms with Gasteiger partial charge in [-0.05, 0) is 17.7 Å². The van der Waals surface area contributed by atoms with Crippen molar-refractivity contribution in [1.29, 1.82) is 0 Å². The summed E-state index contributed by atoms with van der Waals surface area (Å²) in [5.74, 6) is 0.757. The lowest BCUT2D eigenvalue weighted by molar-refractivity contribution is 0.252. The molecule has 0 spiro atoms. The largest absolute Gasteiger partial charge is 0.492 e. The molecule has 0 amide bonds. The Morgan fingerprint density at radius 2 is 1.95 bits per heavy atom. The van der Waals surface area contributed by atoms with Crippen molar-refractivity contribution < 1.29 is 4.74 Å². The van der Waals surface area contributed by atoms with Crippen molar-refractivity contribution in [2.24, 2.45) is 0 Å². The highest BCUT2D eigenvalue weighted by atomic mass is 35.5. The number of ether oxygens (including phenoxy) is 1. The Balaban J connectivity index is 1.80. The molecule has 2 aromatic rings. The summed E-state index contributed by atoms with van der Waals surface area (Å²) >= 11 is 12.3. The highest BCUT2D eigenvalue weighted by Gasteiger charge is 2.23. The predicted molar refractivity (Wildman–Crippen MR) is 82.6 cm³/mol. The van der Waals surface area contributed by atoms with E-state index in [0.717, 1.165) is 24.3 Å². The van der Waals surface area contributed by atoms with Crippen LogP contribution in [0.1, 0.15) is 23.6 Å². The Hall–Kier alpha value is -1.22. The molecule has 1 N–H and O–H groups in total. The molecule has 2 aromatic carbocycles. The first-order valence-electron chi connectivity index (χ1n) is 6.63. The van der Waals surface area contributed by atoms with Crippen LogP contribution in [-0.2, 0) is 6.54 Å². The third kappa shape index (κ3) is 2.93. The number of benzene rings is 2. The number of halogens is 2. The zero-order valence-corrected chi connectivity index (χ0v) is 12.4. The Morgan fingerprint density at radius 3 is 2.75 bits per heavy atom. The van der Waals surface area contributed by atoms with Gasteiger partial charge in [0.15, 0.2) is 0 Å². The predicted octanol–water partition coefficient (Wildman–Crippen LogP) is 4.61. The minimum Gasteiger partial charge on any atom is -0.492 e. The SMILES string of the molecule is Clc1cc(Cl)c2c(c1)C(NCc1ccccc1)CCO2. The molecular formula is C16H15Cl2NO. The molecule has 1 unspecified atom stereocenters. The smallest absolute Gasteiger partial charge is 0.142 e. The molecule has 104 valence electrons. The second-order valence-electron chi connectivity index (χ2n) is 4.86. The molecule has 0 fully saturated rings. The second-order valence-corrected chi connectivity index (χ2v) is 5.71. The summed E-state index contributed by atoms with van der Waals surface area (Å²) < 4.78 is 5.66. The van der Waals surface area contributed by atoms with Crippen LogP contribution in [0.3, 0.4) is 0 Å². The van der Waals surface area contributed by atoms with Gasteiger partial charge in [0.2, 0.25) is 0 Å². The van der Waals surface area contributed by atoms with Gasteiger partial charge < -0.3 is 10.1 Å². The van der Waals surface area contributed by atoms with Crippen molar-refractivity contribution in [2.45, 2.75) is 19.0 Å². The average Bonchev–Trinajstić information content (AvgIpc) is 2.46. The van der Waals surface area contributed by atoms with Crippen LogP contribution in [0, 0.1) is 0 Å². The Bertz CT molecular complexity index is 601. The molecule has 1 aliphatic heterocycles. The lowest BCUT2D eigenvalue weighted by Crippen LogP contribution is -2.27. The van der Waals surface area contributed by atoms with E-state index in [9.17, 15) is 0 Å².